The van der Waals surface area contributed by atoms with E-state index in [9.17, 15) is 8.78 Å². The van der Waals surface area contributed by atoms with E-state index >= 15 is 0 Å². The minimum absolute atomic E-state index is 0.237. The number of hydrogen-bond acceptors (Lipinski definition) is 3. The smallest absolute Gasteiger partial charge is 0.128 e. The van der Waals surface area contributed by atoms with Crippen molar-refractivity contribution >= 4 is 5.69 Å². The first-order valence-electron chi connectivity index (χ1n) is 7.98. The second-order valence-electron chi connectivity index (χ2n) is 5.76. The Morgan fingerprint density at radius 1 is 1.30 bits per heavy atom. The standard InChI is InChI=1S/C17H21F2N3O/c1-2-21-12-16(10-20-21)22(15-5-7-23-8-6-15)11-13-9-14(18)3-4-17(13)19/h3-4,9-10,12,15H,2,5-8,11H2,1H3. The lowest BCUT2D eigenvalue weighted by Gasteiger charge is -2.35. The van der Waals surface area contributed by atoms with Gasteiger partial charge in [-0.2, -0.15) is 5.10 Å². The van der Waals surface area contributed by atoms with Gasteiger partial charge in [-0.15, -0.1) is 0 Å². The van der Waals surface area contributed by atoms with Gasteiger partial charge < -0.3 is 9.64 Å². The van der Waals surface area contributed by atoms with Crippen LogP contribution in [0.25, 0.3) is 0 Å². The van der Waals surface area contributed by atoms with Gasteiger partial charge in [0.2, 0.25) is 0 Å². The maximum atomic E-state index is 14.0. The van der Waals surface area contributed by atoms with Gasteiger partial charge in [-0.1, -0.05) is 0 Å². The van der Waals surface area contributed by atoms with Crippen molar-refractivity contribution in [2.24, 2.45) is 0 Å². The second kappa shape index (κ2) is 7.08. The number of aryl methyl sites for hydroxylation is 1. The molecule has 1 aromatic carbocycles. The fourth-order valence-corrected chi connectivity index (χ4v) is 2.95. The van der Waals surface area contributed by atoms with Crippen LogP contribution in [0.5, 0.6) is 0 Å². The minimum Gasteiger partial charge on any atom is -0.381 e. The molecule has 23 heavy (non-hydrogen) atoms. The predicted octanol–water partition coefficient (Wildman–Crippen LogP) is 3.37. The third-order valence-electron chi connectivity index (χ3n) is 4.26. The average Bonchev–Trinajstić information content (AvgIpc) is 3.05. The van der Waals surface area contributed by atoms with Gasteiger partial charge in [-0.3, -0.25) is 4.68 Å². The SMILES string of the molecule is CCn1cc(N(Cc2cc(F)ccc2F)C2CCOCC2)cn1. The summed E-state index contributed by atoms with van der Waals surface area (Å²) in [5.74, 6) is -0.802. The highest BCUT2D eigenvalue weighted by molar-refractivity contribution is 5.45. The summed E-state index contributed by atoms with van der Waals surface area (Å²) in [5.41, 5.74) is 1.29. The van der Waals surface area contributed by atoms with Crippen molar-refractivity contribution in [3.8, 4) is 0 Å². The van der Waals surface area contributed by atoms with Gasteiger partial charge in [0.25, 0.3) is 0 Å². The van der Waals surface area contributed by atoms with E-state index in [2.05, 4.69) is 10.00 Å². The molecular formula is C17H21F2N3O. The molecule has 6 heteroatoms. The van der Waals surface area contributed by atoms with Crippen molar-refractivity contribution in [2.75, 3.05) is 18.1 Å². The van der Waals surface area contributed by atoms with E-state index in [1.54, 1.807) is 6.20 Å². The monoisotopic (exact) mass is 321 g/mol. The lowest BCUT2D eigenvalue weighted by atomic mass is 10.0. The molecule has 124 valence electrons. The summed E-state index contributed by atoms with van der Waals surface area (Å²) in [6.07, 6.45) is 5.48. The normalized spacial score (nSPS) is 15.8. The van der Waals surface area contributed by atoms with Crippen molar-refractivity contribution in [1.82, 2.24) is 9.78 Å². The number of hydrogen-bond donors (Lipinski definition) is 0. The Labute approximate surface area is 134 Å². The second-order valence-corrected chi connectivity index (χ2v) is 5.76. The number of halogens is 2. The third kappa shape index (κ3) is 3.69. The molecular weight excluding hydrogens is 300 g/mol. The minimum atomic E-state index is -0.419. The first kappa shape index (κ1) is 15.9. The summed E-state index contributed by atoms with van der Waals surface area (Å²) in [6.45, 7) is 4.49. The lowest BCUT2D eigenvalue weighted by Crippen LogP contribution is -2.39. The molecule has 1 aliphatic heterocycles. The first-order chi connectivity index (χ1) is 11.2. The maximum Gasteiger partial charge on any atom is 0.128 e. The van der Waals surface area contributed by atoms with Gasteiger partial charge in [0.15, 0.2) is 0 Å². The van der Waals surface area contributed by atoms with E-state index in [1.807, 2.05) is 17.8 Å². The molecule has 0 aliphatic carbocycles. The summed E-state index contributed by atoms with van der Waals surface area (Å²) < 4.78 is 34.8. The zero-order chi connectivity index (χ0) is 16.2. The molecule has 0 atom stereocenters. The van der Waals surface area contributed by atoms with Crippen LogP contribution >= 0.6 is 0 Å². The van der Waals surface area contributed by atoms with Crippen LogP contribution in [0.4, 0.5) is 14.5 Å². The summed E-state index contributed by atoms with van der Waals surface area (Å²) >= 11 is 0. The Morgan fingerprint density at radius 2 is 2.09 bits per heavy atom. The molecule has 1 aromatic heterocycles. The van der Waals surface area contributed by atoms with E-state index < -0.39 is 5.82 Å². The highest BCUT2D eigenvalue weighted by atomic mass is 19.1. The summed E-state index contributed by atoms with van der Waals surface area (Å²) in [4.78, 5) is 2.11. The molecule has 0 radical (unpaired) electrons. The quantitative estimate of drug-likeness (QED) is 0.846. The number of rotatable bonds is 5. The summed E-state index contributed by atoms with van der Waals surface area (Å²) in [6, 6.07) is 3.84. The van der Waals surface area contributed by atoms with Crippen LogP contribution in [-0.2, 0) is 17.8 Å². The van der Waals surface area contributed by atoms with Crippen molar-refractivity contribution in [3.05, 3.63) is 47.8 Å². The Kier molecular flexibility index (Phi) is 4.91. The molecule has 0 amide bonds. The predicted molar refractivity (Wildman–Crippen MR) is 84.3 cm³/mol. The van der Waals surface area contributed by atoms with Gasteiger partial charge in [0.05, 0.1) is 11.9 Å². The molecule has 1 fully saturated rings. The molecule has 0 spiro atoms. The van der Waals surface area contributed by atoms with E-state index in [1.165, 1.54) is 12.1 Å². The van der Waals surface area contributed by atoms with Crippen LogP contribution in [0.1, 0.15) is 25.3 Å². The van der Waals surface area contributed by atoms with E-state index in [4.69, 9.17) is 4.74 Å². The van der Waals surface area contributed by atoms with Gasteiger partial charge in [0, 0.05) is 44.1 Å². The van der Waals surface area contributed by atoms with E-state index in [0.717, 1.165) is 31.1 Å². The zero-order valence-electron chi connectivity index (χ0n) is 13.2. The van der Waals surface area contributed by atoms with Crippen LogP contribution in [0, 0.1) is 11.6 Å². The number of benzene rings is 1. The summed E-state index contributed by atoms with van der Waals surface area (Å²) in [7, 11) is 0. The van der Waals surface area contributed by atoms with Crippen molar-refractivity contribution in [2.45, 2.75) is 38.9 Å². The van der Waals surface area contributed by atoms with Gasteiger partial charge in [-0.05, 0) is 38.0 Å². The van der Waals surface area contributed by atoms with E-state index in [0.29, 0.717) is 25.3 Å². The highest BCUT2D eigenvalue weighted by Gasteiger charge is 2.24. The molecule has 1 aliphatic rings. The third-order valence-corrected chi connectivity index (χ3v) is 4.26. The van der Waals surface area contributed by atoms with E-state index in [-0.39, 0.29) is 11.9 Å². The van der Waals surface area contributed by atoms with Crippen LogP contribution in [0.15, 0.2) is 30.6 Å². The largest absolute Gasteiger partial charge is 0.381 e. The summed E-state index contributed by atoms with van der Waals surface area (Å²) in [5, 5.41) is 4.31. The first-order valence-corrected chi connectivity index (χ1v) is 7.98. The Morgan fingerprint density at radius 3 is 2.78 bits per heavy atom. The molecule has 2 heterocycles. The van der Waals surface area contributed by atoms with Gasteiger partial charge in [-0.25, -0.2) is 8.78 Å². The fraction of sp³-hybridized carbons (Fsp3) is 0.471. The molecule has 0 bridgehead atoms. The lowest BCUT2D eigenvalue weighted by molar-refractivity contribution is 0.0840. The Balaban J connectivity index is 1.89. The fourth-order valence-electron chi connectivity index (χ4n) is 2.95. The topological polar surface area (TPSA) is 30.3 Å². The molecule has 0 N–H and O–H groups in total. The molecule has 4 nitrogen and oxygen atoms in total. The van der Waals surface area contributed by atoms with Crippen LogP contribution in [-0.4, -0.2) is 29.0 Å². The molecule has 1 saturated heterocycles. The van der Waals surface area contributed by atoms with Crippen LogP contribution in [0.2, 0.25) is 0 Å². The Hall–Kier alpha value is -1.95. The van der Waals surface area contributed by atoms with Crippen molar-refractivity contribution in [1.29, 1.82) is 0 Å². The average molecular weight is 321 g/mol. The number of nitrogens with zero attached hydrogens (tertiary/aromatic N) is 3. The molecule has 2 aromatic rings. The molecule has 0 unspecified atom stereocenters. The highest BCUT2D eigenvalue weighted by Crippen LogP contribution is 2.26. The number of anilines is 1. The van der Waals surface area contributed by atoms with Crippen molar-refractivity contribution < 1.29 is 13.5 Å². The number of ether oxygens (including phenoxy) is 1. The van der Waals surface area contributed by atoms with Gasteiger partial charge >= 0.3 is 0 Å². The molecule has 0 saturated carbocycles. The maximum absolute atomic E-state index is 14.0. The van der Waals surface area contributed by atoms with Crippen LogP contribution < -0.4 is 4.90 Å². The molecule has 3 rings (SSSR count). The van der Waals surface area contributed by atoms with Crippen LogP contribution in [0.3, 0.4) is 0 Å². The zero-order valence-corrected chi connectivity index (χ0v) is 13.2. The van der Waals surface area contributed by atoms with Crippen molar-refractivity contribution in [3.63, 3.8) is 0 Å². The number of aromatic nitrogens is 2. The van der Waals surface area contributed by atoms with Gasteiger partial charge in [0.1, 0.15) is 11.6 Å². The Bertz CT molecular complexity index is 653.